The number of hydrogen-bond acceptors (Lipinski definition) is 5. The molecule has 0 bridgehead atoms. The minimum absolute atomic E-state index is 0.0343. The quantitative estimate of drug-likeness (QED) is 0.735. The fourth-order valence-corrected chi connectivity index (χ4v) is 5.36. The Morgan fingerprint density at radius 1 is 1.17 bits per heavy atom. The summed E-state index contributed by atoms with van der Waals surface area (Å²) in [6.45, 7) is 3.89. The summed E-state index contributed by atoms with van der Waals surface area (Å²) in [6.07, 6.45) is 0.925. The fraction of sp³-hybridized carbons (Fsp3) is 0.409. The minimum atomic E-state index is -0.108. The fourth-order valence-electron chi connectivity index (χ4n) is 3.93. The van der Waals surface area contributed by atoms with Crippen molar-refractivity contribution in [2.24, 2.45) is 0 Å². The molecule has 1 aromatic carbocycles. The van der Waals surface area contributed by atoms with Crippen LogP contribution in [0.2, 0.25) is 0 Å². The van der Waals surface area contributed by atoms with E-state index in [4.69, 9.17) is 4.74 Å². The van der Waals surface area contributed by atoms with Gasteiger partial charge in [-0.1, -0.05) is 18.2 Å². The molecular weight excluding hydrogens is 402 g/mol. The predicted molar refractivity (Wildman–Crippen MR) is 115 cm³/mol. The number of rotatable bonds is 5. The maximum absolute atomic E-state index is 12.9. The van der Waals surface area contributed by atoms with E-state index in [1.54, 1.807) is 11.9 Å². The number of ether oxygens (including phenoxy) is 1. The molecule has 8 heteroatoms. The third kappa shape index (κ3) is 3.79. The molecule has 0 spiro atoms. The maximum Gasteiger partial charge on any atom is 0.257 e. The van der Waals surface area contributed by atoms with Gasteiger partial charge in [0, 0.05) is 25.0 Å². The molecule has 158 valence electrons. The lowest BCUT2D eigenvalue weighted by Crippen LogP contribution is -2.38. The molecule has 7 nitrogen and oxygen atoms in total. The Kier molecular flexibility index (Phi) is 5.76. The van der Waals surface area contributed by atoms with Crippen LogP contribution >= 0.6 is 11.3 Å². The topological polar surface area (TPSA) is 70.2 Å². The van der Waals surface area contributed by atoms with E-state index >= 15 is 0 Å². The molecule has 0 N–H and O–H groups in total. The monoisotopic (exact) mass is 427 g/mol. The van der Waals surface area contributed by atoms with Crippen molar-refractivity contribution in [3.05, 3.63) is 46.3 Å². The normalized spacial score (nSPS) is 16.3. The summed E-state index contributed by atoms with van der Waals surface area (Å²) in [5, 5.41) is 0.726. The van der Waals surface area contributed by atoms with E-state index in [-0.39, 0.29) is 24.3 Å². The zero-order valence-corrected chi connectivity index (χ0v) is 18.0. The second-order valence-corrected chi connectivity index (χ2v) is 8.54. The summed E-state index contributed by atoms with van der Waals surface area (Å²) in [5.74, 6) is 0.603. The Hall–Kier alpha value is -2.87. The van der Waals surface area contributed by atoms with Crippen molar-refractivity contribution in [3.8, 4) is 5.75 Å². The van der Waals surface area contributed by atoms with Crippen LogP contribution in [-0.4, -0.2) is 60.8 Å². The van der Waals surface area contributed by atoms with E-state index in [1.165, 1.54) is 16.2 Å². The molecule has 1 aromatic heterocycles. The van der Waals surface area contributed by atoms with E-state index in [9.17, 15) is 14.4 Å². The second-order valence-electron chi connectivity index (χ2n) is 7.46. The molecule has 0 atom stereocenters. The Balaban J connectivity index is 1.48. The number of benzene rings is 1. The molecule has 0 unspecified atom stereocenters. The molecule has 3 amide bonds. The number of fused-ring (bicyclic) bond motifs is 3. The highest BCUT2D eigenvalue weighted by Gasteiger charge is 2.36. The number of amides is 3. The highest BCUT2D eigenvalue weighted by Crippen LogP contribution is 2.41. The Morgan fingerprint density at radius 3 is 2.67 bits per heavy atom. The van der Waals surface area contributed by atoms with Gasteiger partial charge in [-0.25, -0.2) is 0 Å². The molecule has 0 saturated carbocycles. The Morgan fingerprint density at radius 2 is 1.93 bits per heavy atom. The van der Waals surface area contributed by atoms with E-state index in [0.29, 0.717) is 44.6 Å². The smallest absolute Gasteiger partial charge is 0.257 e. The van der Waals surface area contributed by atoms with Gasteiger partial charge < -0.3 is 19.4 Å². The molecule has 2 aromatic rings. The van der Waals surface area contributed by atoms with Crippen LogP contribution in [0.25, 0.3) is 0 Å². The molecule has 0 radical (unpaired) electrons. The molecular formula is C22H25N3O4S. The van der Waals surface area contributed by atoms with Gasteiger partial charge in [0.2, 0.25) is 11.8 Å². The number of likely N-dealkylation sites (N-methyl/N-ethyl adjacent to an activating group) is 2. The van der Waals surface area contributed by atoms with Gasteiger partial charge in [-0.3, -0.25) is 14.4 Å². The van der Waals surface area contributed by atoms with Crippen LogP contribution in [0.5, 0.6) is 5.75 Å². The number of para-hydroxylation sites is 1. The lowest BCUT2D eigenvalue weighted by molar-refractivity contribution is -0.132. The summed E-state index contributed by atoms with van der Waals surface area (Å²) >= 11 is 1.47. The van der Waals surface area contributed by atoms with Crippen LogP contribution in [0, 0.1) is 0 Å². The van der Waals surface area contributed by atoms with Gasteiger partial charge in [-0.2, -0.15) is 0 Å². The number of nitrogens with zero attached hydrogens (tertiary/aromatic N) is 3. The van der Waals surface area contributed by atoms with Crippen molar-refractivity contribution in [2.45, 2.75) is 26.3 Å². The van der Waals surface area contributed by atoms with Crippen LogP contribution in [0.4, 0.5) is 5.00 Å². The second kappa shape index (κ2) is 8.47. The van der Waals surface area contributed by atoms with Crippen LogP contribution in [0.1, 0.15) is 34.1 Å². The molecule has 3 heterocycles. The highest BCUT2D eigenvalue weighted by atomic mass is 32.1. The van der Waals surface area contributed by atoms with Crippen LogP contribution < -0.4 is 9.64 Å². The van der Waals surface area contributed by atoms with E-state index in [2.05, 4.69) is 0 Å². The van der Waals surface area contributed by atoms with Crippen molar-refractivity contribution in [2.75, 3.05) is 38.2 Å². The summed E-state index contributed by atoms with van der Waals surface area (Å²) in [6, 6.07) is 9.44. The van der Waals surface area contributed by atoms with Crippen LogP contribution in [0.15, 0.2) is 30.3 Å². The summed E-state index contributed by atoms with van der Waals surface area (Å²) in [4.78, 5) is 44.2. The summed E-state index contributed by atoms with van der Waals surface area (Å²) in [5.41, 5.74) is 1.63. The maximum atomic E-state index is 12.9. The van der Waals surface area contributed by atoms with Gasteiger partial charge in [0.25, 0.3) is 5.91 Å². The first kappa shape index (κ1) is 20.4. The van der Waals surface area contributed by atoms with Gasteiger partial charge in [-0.15, -0.1) is 11.3 Å². The van der Waals surface area contributed by atoms with Crippen molar-refractivity contribution >= 4 is 34.1 Å². The molecule has 2 aliphatic rings. The summed E-state index contributed by atoms with van der Waals surface area (Å²) in [7, 11) is 1.67. The standard InChI is InChI=1S/C22H25N3O4S/c1-3-25-19(27)14-23(2)21(28)20-16-9-11-24(13-17(16)30-22(20)25)18(26)10-12-29-15-7-5-4-6-8-15/h4-8H,3,9-14H2,1-2H3. The van der Waals surface area contributed by atoms with Gasteiger partial charge in [-0.05, 0) is 31.0 Å². The van der Waals surface area contributed by atoms with Crippen LogP contribution in [-0.2, 0) is 22.6 Å². The van der Waals surface area contributed by atoms with Gasteiger partial charge in [0.1, 0.15) is 17.3 Å². The van der Waals surface area contributed by atoms with Gasteiger partial charge >= 0.3 is 0 Å². The molecule has 30 heavy (non-hydrogen) atoms. The SMILES string of the molecule is CCN1C(=O)CN(C)C(=O)c2c1sc1c2CCN(C(=O)CCOc2ccccc2)C1. The van der Waals surface area contributed by atoms with Gasteiger partial charge in [0.05, 0.1) is 25.1 Å². The average Bonchev–Trinajstić information content (AvgIpc) is 3.08. The number of hydrogen-bond donors (Lipinski definition) is 0. The lowest BCUT2D eigenvalue weighted by Gasteiger charge is -2.27. The van der Waals surface area contributed by atoms with Crippen LogP contribution in [0.3, 0.4) is 0 Å². The average molecular weight is 428 g/mol. The number of carbonyl (C=O) groups excluding carboxylic acids is 3. The number of anilines is 1. The van der Waals surface area contributed by atoms with Crippen molar-refractivity contribution in [3.63, 3.8) is 0 Å². The number of carbonyl (C=O) groups is 3. The van der Waals surface area contributed by atoms with E-state index < -0.39 is 0 Å². The van der Waals surface area contributed by atoms with Crippen molar-refractivity contribution in [1.82, 2.24) is 9.80 Å². The molecule has 0 aliphatic carbocycles. The third-order valence-corrected chi connectivity index (χ3v) is 6.75. The zero-order valence-electron chi connectivity index (χ0n) is 17.2. The Bertz CT molecular complexity index is 972. The third-order valence-electron chi connectivity index (χ3n) is 5.51. The molecule has 0 saturated heterocycles. The molecule has 2 aliphatic heterocycles. The lowest BCUT2D eigenvalue weighted by atomic mass is 10.0. The first-order valence-electron chi connectivity index (χ1n) is 10.2. The van der Waals surface area contributed by atoms with Gasteiger partial charge in [0.15, 0.2) is 0 Å². The van der Waals surface area contributed by atoms with E-state index in [1.807, 2.05) is 42.2 Å². The predicted octanol–water partition coefficient (Wildman–Crippen LogP) is 2.54. The number of thiophene rings is 1. The highest BCUT2D eigenvalue weighted by molar-refractivity contribution is 7.17. The zero-order chi connectivity index (χ0) is 21.3. The molecule has 4 rings (SSSR count). The molecule has 0 fully saturated rings. The summed E-state index contributed by atoms with van der Waals surface area (Å²) < 4.78 is 5.64. The first-order valence-corrected chi connectivity index (χ1v) is 11.0. The van der Waals surface area contributed by atoms with E-state index in [0.717, 1.165) is 21.2 Å². The largest absolute Gasteiger partial charge is 0.493 e. The van der Waals surface area contributed by atoms with Crippen molar-refractivity contribution in [1.29, 1.82) is 0 Å². The Labute approximate surface area is 179 Å². The van der Waals surface area contributed by atoms with Crippen molar-refractivity contribution < 1.29 is 19.1 Å². The minimum Gasteiger partial charge on any atom is -0.493 e. The first-order chi connectivity index (χ1) is 14.5.